The van der Waals surface area contributed by atoms with Gasteiger partial charge in [0.15, 0.2) is 0 Å². The van der Waals surface area contributed by atoms with Gasteiger partial charge in [-0.25, -0.2) is 4.79 Å². The Morgan fingerprint density at radius 2 is 2.19 bits per heavy atom. The molecule has 0 bridgehead atoms. The molecule has 0 spiro atoms. The molecule has 1 amide bonds. The molecule has 1 N–H and O–H groups in total. The first-order valence-electron chi connectivity index (χ1n) is 6.11. The van der Waals surface area contributed by atoms with Gasteiger partial charge < -0.3 is 15.0 Å². The van der Waals surface area contributed by atoms with E-state index in [0.29, 0.717) is 5.92 Å². The molecule has 1 rings (SSSR count). The Bertz CT molecular complexity index is 236. The molecule has 0 saturated carbocycles. The summed E-state index contributed by atoms with van der Waals surface area (Å²) in [5.74, 6) is 0.576. The molecule has 0 aromatic heterocycles. The van der Waals surface area contributed by atoms with Gasteiger partial charge in [-0.05, 0) is 46.2 Å². The zero-order valence-corrected chi connectivity index (χ0v) is 10.9. The molecular weight excluding hydrogens is 204 g/mol. The summed E-state index contributed by atoms with van der Waals surface area (Å²) >= 11 is 0. The summed E-state index contributed by atoms with van der Waals surface area (Å²) < 4.78 is 5.34. The second-order valence-corrected chi connectivity index (χ2v) is 5.39. The van der Waals surface area contributed by atoms with E-state index in [1.165, 1.54) is 0 Å². The molecule has 1 saturated heterocycles. The van der Waals surface area contributed by atoms with Crippen molar-refractivity contribution in [3.05, 3.63) is 0 Å². The fourth-order valence-corrected chi connectivity index (χ4v) is 1.84. The molecular formula is C12H24N2O2. The van der Waals surface area contributed by atoms with E-state index in [1.54, 1.807) is 0 Å². The van der Waals surface area contributed by atoms with E-state index in [2.05, 4.69) is 12.2 Å². The van der Waals surface area contributed by atoms with E-state index in [0.717, 1.165) is 32.6 Å². The van der Waals surface area contributed by atoms with Crippen LogP contribution < -0.4 is 5.32 Å². The number of ether oxygens (including phenoxy) is 1. The molecule has 1 aliphatic rings. The molecule has 4 nitrogen and oxygen atoms in total. The van der Waals surface area contributed by atoms with Gasteiger partial charge in [0.1, 0.15) is 5.60 Å². The maximum Gasteiger partial charge on any atom is 0.410 e. The number of carbonyl (C=O) groups excluding carboxylic acids is 1. The third kappa shape index (κ3) is 4.39. The minimum absolute atomic E-state index is 0.175. The minimum Gasteiger partial charge on any atom is -0.444 e. The molecule has 0 radical (unpaired) electrons. The maximum atomic E-state index is 11.8. The zero-order valence-electron chi connectivity index (χ0n) is 10.9. The second-order valence-electron chi connectivity index (χ2n) is 5.39. The van der Waals surface area contributed by atoms with Gasteiger partial charge in [0.25, 0.3) is 0 Å². The summed E-state index contributed by atoms with van der Waals surface area (Å²) in [6, 6.07) is 0. The van der Waals surface area contributed by atoms with Crippen LogP contribution in [0.1, 0.15) is 34.1 Å². The normalized spacial score (nSPS) is 21.2. The molecule has 1 atom stereocenters. The highest BCUT2D eigenvalue weighted by Crippen LogP contribution is 2.18. The summed E-state index contributed by atoms with van der Waals surface area (Å²) in [7, 11) is 0. The van der Waals surface area contributed by atoms with Gasteiger partial charge in [-0.1, -0.05) is 6.92 Å². The average molecular weight is 228 g/mol. The van der Waals surface area contributed by atoms with Crippen LogP contribution >= 0.6 is 0 Å². The van der Waals surface area contributed by atoms with Crippen LogP contribution in [0.15, 0.2) is 0 Å². The largest absolute Gasteiger partial charge is 0.444 e. The van der Waals surface area contributed by atoms with Gasteiger partial charge in [-0.2, -0.15) is 0 Å². The number of carbonyl (C=O) groups is 1. The lowest BCUT2D eigenvalue weighted by Crippen LogP contribution is -2.36. The number of rotatable bonds is 3. The highest BCUT2D eigenvalue weighted by atomic mass is 16.6. The van der Waals surface area contributed by atoms with Crippen molar-refractivity contribution in [3.63, 3.8) is 0 Å². The first-order valence-corrected chi connectivity index (χ1v) is 6.11. The van der Waals surface area contributed by atoms with Crippen LogP contribution in [0, 0.1) is 5.92 Å². The van der Waals surface area contributed by atoms with Crippen molar-refractivity contribution in [2.75, 3.05) is 26.2 Å². The average Bonchev–Trinajstić information content (AvgIpc) is 2.60. The molecule has 0 aromatic carbocycles. The van der Waals surface area contributed by atoms with Gasteiger partial charge in [0.2, 0.25) is 0 Å². The van der Waals surface area contributed by atoms with Crippen LogP contribution in [0.2, 0.25) is 0 Å². The van der Waals surface area contributed by atoms with Crippen molar-refractivity contribution in [3.8, 4) is 0 Å². The molecule has 1 fully saturated rings. The Hall–Kier alpha value is -0.770. The van der Waals surface area contributed by atoms with Crippen molar-refractivity contribution in [1.82, 2.24) is 10.2 Å². The van der Waals surface area contributed by atoms with Gasteiger partial charge in [0, 0.05) is 13.1 Å². The first kappa shape index (κ1) is 13.3. The molecule has 0 unspecified atom stereocenters. The van der Waals surface area contributed by atoms with Crippen molar-refractivity contribution in [2.45, 2.75) is 39.7 Å². The molecule has 1 aliphatic heterocycles. The van der Waals surface area contributed by atoms with Crippen LogP contribution in [-0.4, -0.2) is 42.8 Å². The quantitative estimate of drug-likeness (QED) is 0.801. The number of nitrogens with one attached hydrogen (secondary N) is 1. The predicted octanol–water partition coefficient (Wildman–Crippen LogP) is 1.85. The molecule has 0 aliphatic carbocycles. The summed E-state index contributed by atoms with van der Waals surface area (Å²) in [6.45, 7) is 11.4. The van der Waals surface area contributed by atoms with Crippen LogP contribution in [0.25, 0.3) is 0 Å². The first-order chi connectivity index (χ1) is 7.42. The summed E-state index contributed by atoms with van der Waals surface area (Å²) in [4.78, 5) is 13.6. The van der Waals surface area contributed by atoms with Gasteiger partial charge in [0.05, 0.1) is 0 Å². The maximum absolute atomic E-state index is 11.8. The summed E-state index contributed by atoms with van der Waals surface area (Å²) in [5, 5.41) is 3.32. The smallest absolute Gasteiger partial charge is 0.410 e. The minimum atomic E-state index is -0.392. The van der Waals surface area contributed by atoms with Crippen LogP contribution in [0.3, 0.4) is 0 Å². The topological polar surface area (TPSA) is 41.6 Å². The van der Waals surface area contributed by atoms with Crippen molar-refractivity contribution < 1.29 is 9.53 Å². The monoisotopic (exact) mass is 228 g/mol. The SMILES string of the molecule is CCNC[C@H]1CCN(C(=O)OC(C)(C)C)C1. The fraction of sp³-hybridized carbons (Fsp3) is 0.917. The summed E-state index contributed by atoms with van der Waals surface area (Å²) in [6.07, 6.45) is 0.901. The standard InChI is InChI=1S/C12H24N2O2/c1-5-13-8-10-6-7-14(9-10)11(15)16-12(2,3)4/h10,13H,5-9H2,1-4H3/t10-/m1/s1. The highest BCUT2D eigenvalue weighted by molar-refractivity contribution is 5.68. The molecule has 94 valence electrons. The molecule has 16 heavy (non-hydrogen) atoms. The van der Waals surface area contributed by atoms with Crippen LogP contribution in [0.5, 0.6) is 0 Å². The van der Waals surface area contributed by atoms with Gasteiger partial charge in [-0.15, -0.1) is 0 Å². The Balaban J connectivity index is 2.32. The number of likely N-dealkylation sites (tertiary alicyclic amines) is 1. The van der Waals surface area contributed by atoms with E-state index in [1.807, 2.05) is 25.7 Å². The van der Waals surface area contributed by atoms with Gasteiger partial charge in [-0.3, -0.25) is 0 Å². The fourth-order valence-electron chi connectivity index (χ4n) is 1.84. The summed E-state index contributed by atoms with van der Waals surface area (Å²) in [5.41, 5.74) is -0.392. The Morgan fingerprint density at radius 1 is 1.50 bits per heavy atom. The van der Waals surface area contributed by atoms with Crippen molar-refractivity contribution in [1.29, 1.82) is 0 Å². The third-order valence-corrected chi connectivity index (χ3v) is 2.62. The van der Waals surface area contributed by atoms with E-state index in [-0.39, 0.29) is 6.09 Å². The number of hydrogen-bond donors (Lipinski definition) is 1. The van der Waals surface area contributed by atoms with E-state index < -0.39 is 5.60 Å². The predicted molar refractivity (Wildman–Crippen MR) is 64.5 cm³/mol. The Kier molecular flexibility index (Phi) is 4.59. The Morgan fingerprint density at radius 3 is 2.75 bits per heavy atom. The van der Waals surface area contributed by atoms with E-state index >= 15 is 0 Å². The van der Waals surface area contributed by atoms with E-state index in [4.69, 9.17) is 4.74 Å². The number of nitrogens with zero attached hydrogens (tertiary/aromatic N) is 1. The molecule has 4 heteroatoms. The van der Waals surface area contributed by atoms with Crippen molar-refractivity contribution >= 4 is 6.09 Å². The van der Waals surface area contributed by atoms with Crippen LogP contribution in [-0.2, 0) is 4.74 Å². The Labute approximate surface area is 98.3 Å². The van der Waals surface area contributed by atoms with Gasteiger partial charge >= 0.3 is 6.09 Å². The molecule has 1 heterocycles. The molecule has 0 aromatic rings. The second kappa shape index (κ2) is 5.53. The lowest BCUT2D eigenvalue weighted by atomic mass is 10.1. The highest BCUT2D eigenvalue weighted by Gasteiger charge is 2.29. The van der Waals surface area contributed by atoms with E-state index in [9.17, 15) is 4.79 Å². The van der Waals surface area contributed by atoms with Crippen LogP contribution in [0.4, 0.5) is 4.79 Å². The lowest BCUT2D eigenvalue weighted by Gasteiger charge is -2.24. The number of amides is 1. The number of hydrogen-bond acceptors (Lipinski definition) is 3. The third-order valence-electron chi connectivity index (χ3n) is 2.62. The zero-order chi connectivity index (χ0) is 12.2. The van der Waals surface area contributed by atoms with Crippen molar-refractivity contribution in [2.24, 2.45) is 5.92 Å². The lowest BCUT2D eigenvalue weighted by molar-refractivity contribution is 0.0288.